The van der Waals surface area contributed by atoms with Gasteiger partial charge in [-0.2, -0.15) is 0 Å². The molecule has 3 rings (SSSR count). The number of hydrogen-bond donors (Lipinski definition) is 0. The average Bonchev–Trinajstić information content (AvgIpc) is 2.69. The van der Waals surface area contributed by atoms with E-state index >= 15 is 0 Å². The zero-order valence-electron chi connectivity index (χ0n) is 10.4. The van der Waals surface area contributed by atoms with Gasteiger partial charge in [0.05, 0.1) is 29.2 Å². The van der Waals surface area contributed by atoms with Crippen LogP contribution < -0.4 is 0 Å². The van der Waals surface area contributed by atoms with Gasteiger partial charge in [0.25, 0.3) is 0 Å². The van der Waals surface area contributed by atoms with Crippen LogP contribution in [0, 0.1) is 5.92 Å². The second-order valence-electron chi connectivity index (χ2n) is 4.54. The average molecular weight is 302 g/mol. The second kappa shape index (κ2) is 4.94. The van der Waals surface area contributed by atoms with Gasteiger partial charge in [-0.25, -0.2) is 0 Å². The standard InChI is InChI=1S/C13H13Cl2NO3/c1-8-12(11-9(14)4-2-5-10(11)15)16-19-13(8)17-6-3-7-18-13/h2,4-5,8H,3,6-7H2,1H3. The highest BCUT2D eigenvalue weighted by Gasteiger charge is 2.51. The summed E-state index contributed by atoms with van der Waals surface area (Å²) in [4.78, 5) is 5.40. The van der Waals surface area contributed by atoms with Crippen molar-refractivity contribution in [2.24, 2.45) is 11.1 Å². The van der Waals surface area contributed by atoms with Crippen LogP contribution in [0.1, 0.15) is 18.9 Å². The topological polar surface area (TPSA) is 40.0 Å². The summed E-state index contributed by atoms with van der Waals surface area (Å²) in [5.74, 6) is -1.33. The monoisotopic (exact) mass is 301 g/mol. The summed E-state index contributed by atoms with van der Waals surface area (Å²) in [6, 6.07) is 5.33. The molecule has 0 bridgehead atoms. The molecule has 0 saturated carbocycles. The van der Waals surface area contributed by atoms with Crippen LogP contribution in [0.15, 0.2) is 23.4 Å². The molecule has 102 valence electrons. The summed E-state index contributed by atoms with van der Waals surface area (Å²) < 4.78 is 11.2. The molecular formula is C13H13Cl2NO3. The van der Waals surface area contributed by atoms with Crippen LogP contribution in [-0.4, -0.2) is 24.9 Å². The summed E-state index contributed by atoms with van der Waals surface area (Å²) in [5, 5.41) is 5.16. The van der Waals surface area contributed by atoms with Gasteiger partial charge in [0.1, 0.15) is 5.71 Å². The third-order valence-electron chi connectivity index (χ3n) is 3.33. The van der Waals surface area contributed by atoms with E-state index in [1.54, 1.807) is 18.2 Å². The highest BCUT2D eigenvalue weighted by Crippen LogP contribution is 2.39. The molecule has 1 aromatic rings. The van der Waals surface area contributed by atoms with Crippen LogP contribution in [0.25, 0.3) is 0 Å². The molecule has 1 fully saturated rings. The zero-order valence-corrected chi connectivity index (χ0v) is 11.9. The number of hydrogen-bond acceptors (Lipinski definition) is 4. The Morgan fingerprint density at radius 3 is 2.47 bits per heavy atom. The fourth-order valence-electron chi connectivity index (χ4n) is 2.28. The van der Waals surface area contributed by atoms with Gasteiger partial charge >= 0.3 is 5.97 Å². The molecule has 4 nitrogen and oxygen atoms in total. The Labute approximate surface area is 121 Å². The van der Waals surface area contributed by atoms with Crippen LogP contribution in [0.5, 0.6) is 0 Å². The molecule has 2 heterocycles. The first-order chi connectivity index (χ1) is 9.14. The fraction of sp³-hybridized carbons (Fsp3) is 0.462. The molecule has 1 spiro atoms. The Balaban J connectivity index is 1.95. The Morgan fingerprint density at radius 2 is 1.84 bits per heavy atom. The maximum Gasteiger partial charge on any atom is 0.358 e. The number of rotatable bonds is 1. The minimum absolute atomic E-state index is 0.204. The van der Waals surface area contributed by atoms with Crippen LogP contribution in [0.3, 0.4) is 0 Å². The first-order valence-corrected chi connectivity index (χ1v) is 6.88. The third-order valence-corrected chi connectivity index (χ3v) is 3.96. The number of nitrogens with zero attached hydrogens (tertiary/aromatic N) is 1. The Bertz CT molecular complexity index is 506. The third kappa shape index (κ3) is 2.13. The molecule has 6 heteroatoms. The van der Waals surface area contributed by atoms with Crippen molar-refractivity contribution < 1.29 is 14.3 Å². The molecule has 0 aromatic heterocycles. The highest BCUT2D eigenvalue weighted by molar-refractivity contribution is 6.40. The molecule has 1 atom stereocenters. The van der Waals surface area contributed by atoms with Gasteiger partial charge in [0.2, 0.25) is 0 Å². The molecule has 1 unspecified atom stereocenters. The normalized spacial score (nSPS) is 25.2. The van der Waals surface area contributed by atoms with Crippen molar-refractivity contribution >= 4 is 28.9 Å². The molecule has 1 saturated heterocycles. The molecule has 2 aliphatic heterocycles. The summed E-state index contributed by atoms with van der Waals surface area (Å²) >= 11 is 12.4. The second-order valence-corrected chi connectivity index (χ2v) is 5.35. The van der Waals surface area contributed by atoms with E-state index in [2.05, 4.69) is 5.16 Å². The van der Waals surface area contributed by atoms with Gasteiger partial charge in [0.15, 0.2) is 0 Å². The van der Waals surface area contributed by atoms with Crippen LogP contribution in [-0.2, 0) is 14.3 Å². The Kier molecular flexibility index (Phi) is 3.43. The SMILES string of the molecule is CC1C(c2c(Cl)cccc2Cl)=NOC12OCCCO2. The first kappa shape index (κ1) is 13.2. The van der Waals surface area contributed by atoms with Gasteiger partial charge in [-0.05, 0) is 25.5 Å². The van der Waals surface area contributed by atoms with E-state index in [1.165, 1.54) is 0 Å². The smallest absolute Gasteiger partial charge is 0.331 e. The van der Waals surface area contributed by atoms with E-state index < -0.39 is 5.97 Å². The van der Waals surface area contributed by atoms with E-state index in [0.29, 0.717) is 34.5 Å². The molecule has 0 N–H and O–H groups in total. The maximum atomic E-state index is 6.20. The summed E-state index contributed by atoms with van der Waals surface area (Å²) in [5.41, 5.74) is 1.32. The maximum absolute atomic E-state index is 6.20. The van der Waals surface area contributed by atoms with Gasteiger partial charge in [-0.15, -0.1) is 0 Å². The lowest BCUT2D eigenvalue weighted by atomic mass is 9.96. The lowest BCUT2D eigenvalue weighted by Gasteiger charge is -2.33. The highest BCUT2D eigenvalue weighted by atomic mass is 35.5. The largest absolute Gasteiger partial charge is 0.358 e. The molecule has 0 radical (unpaired) electrons. The van der Waals surface area contributed by atoms with Crippen molar-refractivity contribution in [3.8, 4) is 0 Å². The quantitative estimate of drug-likeness (QED) is 0.797. The Morgan fingerprint density at radius 1 is 1.21 bits per heavy atom. The zero-order chi connectivity index (χ0) is 13.5. The Hall–Kier alpha value is -0.810. The molecule has 19 heavy (non-hydrogen) atoms. The van der Waals surface area contributed by atoms with E-state index in [1.807, 2.05) is 6.92 Å². The van der Waals surface area contributed by atoms with Crippen molar-refractivity contribution in [3.05, 3.63) is 33.8 Å². The van der Waals surface area contributed by atoms with Gasteiger partial charge in [-0.3, -0.25) is 0 Å². The van der Waals surface area contributed by atoms with Crippen molar-refractivity contribution in [1.82, 2.24) is 0 Å². The lowest BCUT2D eigenvalue weighted by molar-refractivity contribution is -0.402. The summed E-state index contributed by atoms with van der Waals surface area (Å²) in [6.07, 6.45) is 0.847. The number of ether oxygens (including phenoxy) is 2. The molecule has 1 aromatic carbocycles. The number of oxime groups is 1. The summed E-state index contributed by atoms with van der Waals surface area (Å²) in [6.45, 7) is 3.10. The van der Waals surface area contributed by atoms with Gasteiger partial charge < -0.3 is 14.3 Å². The minimum Gasteiger partial charge on any atom is -0.331 e. The van der Waals surface area contributed by atoms with Gasteiger partial charge in [0, 0.05) is 5.56 Å². The summed E-state index contributed by atoms with van der Waals surface area (Å²) in [7, 11) is 0. The lowest BCUT2D eigenvalue weighted by Crippen LogP contribution is -2.46. The molecule has 0 amide bonds. The van der Waals surface area contributed by atoms with E-state index in [4.69, 9.17) is 37.5 Å². The van der Waals surface area contributed by atoms with Crippen molar-refractivity contribution in [1.29, 1.82) is 0 Å². The predicted molar refractivity (Wildman–Crippen MR) is 72.5 cm³/mol. The number of halogens is 2. The molecule has 0 aliphatic carbocycles. The molecule has 2 aliphatic rings. The van der Waals surface area contributed by atoms with E-state index in [0.717, 1.165) is 6.42 Å². The van der Waals surface area contributed by atoms with Crippen LogP contribution >= 0.6 is 23.2 Å². The van der Waals surface area contributed by atoms with Crippen molar-refractivity contribution in [2.45, 2.75) is 19.3 Å². The van der Waals surface area contributed by atoms with E-state index in [-0.39, 0.29) is 5.92 Å². The fourth-order valence-corrected chi connectivity index (χ4v) is 2.87. The van der Waals surface area contributed by atoms with E-state index in [9.17, 15) is 0 Å². The van der Waals surface area contributed by atoms with Crippen molar-refractivity contribution in [3.63, 3.8) is 0 Å². The van der Waals surface area contributed by atoms with Crippen molar-refractivity contribution in [2.75, 3.05) is 13.2 Å². The molecular weight excluding hydrogens is 289 g/mol. The van der Waals surface area contributed by atoms with Crippen LogP contribution in [0.4, 0.5) is 0 Å². The predicted octanol–water partition coefficient (Wildman–Crippen LogP) is 3.45. The first-order valence-electron chi connectivity index (χ1n) is 6.12. The van der Waals surface area contributed by atoms with Gasteiger partial charge in [-0.1, -0.05) is 34.4 Å². The van der Waals surface area contributed by atoms with Crippen LogP contribution in [0.2, 0.25) is 10.0 Å². The number of benzene rings is 1. The minimum atomic E-state index is -1.13.